The third-order valence-electron chi connectivity index (χ3n) is 4.26. The van der Waals surface area contributed by atoms with E-state index in [1.165, 1.54) is 0 Å². The Morgan fingerprint density at radius 3 is 2.37 bits per heavy atom. The number of carbonyl (C=O) groups is 2. The van der Waals surface area contributed by atoms with E-state index in [-0.39, 0.29) is 18.4 Å². The molecule has 0 fully saturated rings. The van der Waals surface area contributed by atoms with E-state index in [2.05, 4.69) is 10.6 Å². The van der Waals surface area contributed by atoms with Crippen molar-refractivity contribution >= 4 is 46.4 Å². The lowest BCUT2D eigenvalue weighted by Crippen LogP contribution is -2.43. The minimum atomic E-state index is -0.529. The molecule has 144 valence electrons. The third-order valence-corrected chi connectivity index (χ3v) is 4.89. The number of likely N-dealkylation sites (N-methyl/N-ethyl adjacent to an activating group) is 1. The fourth-order valence-electron chi connectivity index (χ4n) is 2.62. The van der Waals surface area contributed by atoms with Gasteiger partial charge < -0.3 is 10.6 Å². The minimum Gasteiger partial charge on any atom is -0.324 e. The highest BCUT2D eigenvalue weighted by atomic mass is 35.5. The topological polar surface area (TPSA) is 61.4 Å². The SMILES string of the molecule is Cc1cc(C)c(NC(=O)C(C)N(C)CC(=O)Nc2ccccc2Cl)c(Cl)c1. The number of anilines is 2. The van der Waals surface area contributed by atoms with Crippen molar-refractivity contribution < 1.29 is 9.59 Å². The zero-order valence-corrected chi connectivity index (χ0v) is 17.3. The molecule has 7 heteroatoms. The van der Waals surface area contributed by atoms with E-state index in [1.54, 1.807) is 49.2 Å². The molecule has 0 aliphatic heterocycles. The van der Waals surface area contributed by atoms with Crippen LogP contribution in [-0.4, -0.2) is 36.3 Å². The molecule has 2 aromatic carbocycles. The summed E-state index contributed by atoms with van der Waals surface area (Å²) in [6.07, 6.45) is 0. The molecular formula is C20H23Cl2N3O2. The van der Waals surface area contributed by atoms with Crippen LogP contribution in [0.1, 0.15) is 18.1 Å². The summed E-state index contributed by atoms with van der Waals surface area (Å²) in [7, 11) is 1.71. The molecule has 0 saturated heterocycles. The largest absolute Gasteiger partial charge is 0.324 e. The Balaban J connectivity index is 1.98. The maximum Gasteiger partial charge on any atom is 0.241 e. The summed E-state index contributed by atoms with van der Waals surface area (Å²) in [4.78, 5) is 26.5. The van der Waals surface area contributed by atoms with Crippen LogP contribution in [0, 0.1) is 13.8 Å². The molecule has 0 bridgehead atoms. The highest BCUT2D eigenvalue weighted by molar-refractivity contribution is 6.34. The second kappa shape index (κ2) is 9.22. The fraction of sp³-hybridized carbons (Fsp3) is 0.300. The number of para-hydroxylation sites is 1. The molecule has 0 aliphatic carbocycles. The first-order chi connectivity index (χ1) is 12.7. The van der Waals surface area contributed by atoms with Crippen molar-refractivity contribution in [2.24, 2.45) is 0 Å². The minimum absolute atomic E-state index is 0.0421. The lowest BCUT2D eigenvalue weighted by atomic mass is 10.1. The van der Waals surface area contributed by atoms with Crippen LogP contribution in [0.2, 0.25) is 10.0 Å². The maximum atomic E-state index is 12.6. The van der Waals surface area contributed by atoms with Crippen molar-refractivity contribution in [1.29, 1.82) is 0 Å². The number of rotatable bonds is 6. The number of benzene rings is 2. The number of amides is 2. The van der Waals surface area contributed by atoms with Gasteiger partial charge in [-0.2, -0.15) is 0 Å². The van der Waals surface area contributed by atoms with Gasteiger partial charge in [0, 0.05) is 0 Å². The molecule has 2 amide bonds. The standard InChI is InChI=1S/C20H23Cl2N3O2/c1-12-9-13(2)19(16(22)10-12)24-20(27)14(3)25(4)11-18(26)23-17-8-6-5-7-15(17)21/h5-10,14H,11H2,1-4H3,(H,23,26)(H,24,27). The van der Waals surface area contributed by atoms with Crippen LogP contribution in [-0.2, 0) is 9.59 Å². The van der Waals surface area contributed by atoms with Gasteiger partial charge in [0.05, 0.1) is 34.0 Å². The number of nitrogens with one attached hydrogen (secondary N) is 2. The molecule has 1 unspecified atom stereocenters. The predicted molar refractivity (Wildman–Crippen MR) is 112 cm³/mol. The van der Waals surface area contributed by atoms with Crippen LogP contribution >= 0.6 is 23.2 Å². The van der Waals surface area contributed by atoms with Gasteiger partial charge in [-0.3, -0.25) is 14.5 Å². The molecule has 2 aromatic rings. The van der Waals surface area contributed by atoms with Crippen molar-refractivity contribution in [3.63, 3.8) is 0 Å². The summed E-state index contributed by atoms with van der Waals surface area (Å²) in [5, 5.41) is 6.55. The monoisotopic (exact) mass is 407 g/mol. The Hall–Kier alpha value is -2.08. The molecule has 1 atom stereocenters. The van der Waals surface area contributed by atoms with Crippen molar-refractivity contribution in [2.75, 3.05) is 24.2 Å². The van der Waals surface area contributed by atoms with Gasteiger partial charge in [-0.05, 0) is 57.1 Å². The van der Waals surface area contributed by atoms with Gasteiger partial charge in [0.25, 0.3) is 0 Å². The van der Waals surface area contributed by atoms with Crippen LogP contribution in [0.25, 0.3) is 0 Å². The number of aryl methyl sites for hydroxylation is 2. The quantitative estimate of drug-likeness (QED) is 0.740. The van der Waals surface area contributed by atoms with E-state index in [4.69, 9.17) is 23.2 Å². The highest BCUT2D eigenvalue weighted by Crippen LogP contribution is 2.27. The molecule has 2 N–H and O–H groups in total. The second-order valence-electron chi connectivity index (χ2n) is 6.55. The summed E-state index contributed by atoms with van der Waals surface area (Å²) in [6.45, 7) is 5.61. The summed E-state index contributed by atoms with van der Waals surface area (Å²) in [6, 6.07) is 10.2. The second-order valence-corrected chi connectivity index (χ2v) is 7.36. The Kier molecular flexibility index (Phi) is 7.25. The average molecular weight is 408 g/mol. The van der Waals surface area contributed by atoms with Gasteiger partial charge in [0.2, 0.25) is 11.8 Å². The first-order valence-corrected chi connectivity index (χ1v) is 9.27. The molecule has 27 heavy (non-hydrogen) atoms. The first-order valence-electron chi connectivity index (χ1n) is 8.51. The average Bonchev–Trinajstić information content (AvgIpc) is 2.59. The van der Waals surface area contributed by atoms with E-state index >= 15 is 0 Å². The van der Waals surface area contributed by atoms with Crippen molar-refractivity contribution in [1.82, 2.24) is 4.90 Å². The van der Waals surface area contributed by atoms with Crippen LogP contribution in [0.5, 0.6) is 0 Å². The summed E-state index contributed by atoms with van der Waals surface area (Å²) in [5.41, 5.74) is 3.04. The zero-order chi connectivity index (χ0) is 20.1. The van der Waals surface area contributed by atoms with Gasteiger partial charge in [-0.25, -0.2) is 0 Å². The van der Waals surface area contributed by atoms with Gasteiger partial charge in [-0.1, -0.05) is 41.4 Å². The van der Waals surface area contributed by atoms with Crippen LogP contribution in [0.4, 0.5) is 11.4 Å². The van der Waals surface area contributed by atoms with Crippen LogP contribution in [0.15, 0.2) is 36.4 Å². The number of hydrogen-bond donors (Lipinski definition) is 2. The molecular weight excluding hydrogens is 385 g/mol. The van der Waals surface area contributed by atoms with Gasteiger partial charge >= 0.3 is 0 Å². The first kappa shape index (κ1) is 21.2. The van der Waals surface area contributed by atoms with Gasteiger partial charge in [-0.15, -0.1) is 0 Å². The number of halogens is 2. The zero-order valence-electron chi connectivity index (χ0n) is 15.8. The van der Waals surface area contributed by atoms with Gasteiger partial charge in [0.15, 0.2) is 0 Å². The highest BCUT2D eigenvalue weighted by Gasteiger charge is 2.22. The molecule has 5 nitrogen and oxygen atoms in total. The van der Waals surface area contributed by atoms with Crippen molar-refractivity contribution in [2.45, 2.75) is 26.8 Å². The summed E-state index contributed by atoms with van der Waals surface area (Å²) >= 11 is 12.3. The summed E-state index contributed by atoms with van der Waals surface area (Å²) < 4.78 is 0. The molecule has 2 rings (SSSR count). The normalized spacial score (nSPS) is 12.0. The Bertz CT molecular complexity index is 832. The Morgan fingerprint density at radius 2 is 1.74 bits per heavy atom. The van der Waals surface area contributed by atoms with Crippen LogP contribution in [0.3, 0.4) is 0 Å². The molecule has 0 aromatic heterocycles. The smallest absolute Gasteiger partial charge is 0.241 e. The van der Waals surface area contributed by atoms with Crippen LogP contribution < -0.4 is 10.6 Å². The molecule has 0 heterocycles. The van der Waals surface area contributed by atoms with E-state index in [1.807, 2.05) is 19.9 Å². The molecule has 0 radical (unpaired) electrons. The van der Waals surface area contributed by atoms with Crippen molar-refractivity contribution in [3.8, 4) is 0 Å². The summed E-state index contributed by atoms with van der Waals surface area (Å²) in [5.74, 6) is -0.494. The number of hydrogen-bond acceptors (Lipinski definition) is 3. The molecule has 0 saturated carbocycles. The van der Waals surface area contributed by atoms with Gasteiger partial charge in [0.1, 0.15) is 0 Å². The fourth-order valence-corrected chi connectivity index (χ4v) is 3.17. The predicted octanol–water partition coefficient (Wildman–Crippen LogP) is 4.51. The third kappa shape index (κ3) is 5.70. The van der Waals surface area contributed by atoms with E-state index < -0.39 is 6.04 Å². The number of carbonyl (C=O) groups excluding carboxylic acids is 2. The van der Waals surface area contributed by atoms with E-state index in [0.717, 1.165) is 11.1 Å². The maximum absolute atomic E-state index is 12.6. The number of nitrogens with zero attached hydrogens (tertiary/aromatic N) is 1. The Morgan fingerprint density at radius 1 is 1.07 bits per heavy atom. The molecule has 0 aliphatic rings. The van der Waals surface area contributed by atoms with E-state index in [0.29, 0.717) is 21.4 Å². The Labute approximate surface area is 169 Å². The van der Waals surface area contributed by atoms with Crippen molar-refractivity contribution in [3.05, 3.63) is 57.6 Å². The molecule has 0 spiro atoms. The van der Waals surface area contributed by atoms with E-state index in [9.17, 15) is 9.59 Å². The lowest BCUT2D eigenvalue weighted by molar-refractivity contribution is -0.122. The lowest BCUT2D eigenvalue weighted by Gasteiger charge is -2.24.